The van der Waals surface area contributed by atoms with Crippen LogP contribution in [0.15, 0.2) is 48.6 Å². The summed E-state index contributed by atoms with van der Waals surface area (Å²) in [4.78, 5) is 25.8. The van der Waals surface area contributed by atoms with E-state index in [1.807, 2.05) is 18.2 Å². The van der Waals surface area contributed by atoms with Crippen molar-refractivity contribution in [1.82, 2.24) is 4.90 Å². The van der Waals surface area contributed by atoms with Crippen LogP contribution in [0.25, 0.3) is 0 Å². The first-order valence-electron chi connectivity index (χ1n) is 10.8. The number of carbonyl (C=O) groups excluding carboxylic acids is 1. The van der Waals surface area contributed by atoms with E-state index in [9.17, 15) is 14.9 Å². The number of hydrogen-bond donors (Lipinski definition) is 0. The Bertz CT molecular complexity index is 1180. The maximum atomic E-state index is 13.1. The summed E-state index contributed by atoms with van der Waals surface area (Å²) in [6.07, 6.45) is 4.52. The third-order valence-corrected chi connectivity index (χ3v) is 7.27. The molecule has 2 bridgehead atoms. The number of nitro groups is 1. The standard InChI is InChI=1S/C24H22N2O7/c1-30-17-6-7-24-18-10-20-19(31-13-32-20)8-15(18)11-25(21(24)9-17)12-22(24)33-23(27)14-2-4-16(5-3-14)26(28)29/h2-8,10,17,21-22H,9,11-13H2,1H3. The highest BCUT2D eigenvalue weighted by atomic mass is 16.7. The van der Waals surface area contributed by atoms with Crippen molar-refractivity contribution in [2.75, 3.05) is 20.4 Å². The molecular formula is C24H22N2O7. The molecule has 6 rings (SSSR count). The summed E-state index contributed by atoms with van der Waals surface area (Å²) in [6.45, 7) is 1.48. The zero-order valence-electron chi connectivity index (χ0n) is 17.9. The van der Waals surface area contributed by atoms with Gasteiger partial charge in [0.05, 0.1) is 22.0 Å². The average Bonchev–Trinajstić information content (AvgIpc) is 3.37. The summed E-state index contributed by atoms with van der Waals surface area (Å²) in [5, 5.41) is 10.9. The molecule has 9 nitrogen and oxygen atoms in total. The number of methoxy groups -OCH3 is 1. The Morgan fingerprint density at radius 2 is 1.97 bits per heavy atom. The van der Waals surface area contributed by atoms with Crippen LogP contribution in [0, 0.1) is 10.1 Å². The lowest BCUT2D eigenvalue weighted by Crippen LogP contribution is -2.53. The Balaban J connectivity index is 1.39. The van der Waals surface area contributed by atoms with E-state index in [0.717, 1.165) is 23.3 Å². The van der Waals surface area contributed by atoms with Gasteiger partial charge in [0.2, 0.25) is 6.79 Å². The number of nitro benzene ring substituents is 1. The van der Waals surface area contributed by atoms with Crippen LogP contribution in [0.1, 0.15) is 27.9 Å². The molecule has 5 atom stereocenters. The van der Waals surface area contributed by atoms with Gasteiger partial charge in [0.25, 0.3) is 5.69 Å². The Morgan fingerprint density at radius 1 is 1.21 bits per heavy atom. The van der Waals surface area contributed by atoms with Crippen molar-refractivity contribution in [2.45, 2.75) is 36.6 Å². The highest BCUT2D eigenvalue weighted by molar-refractivity contribution is 5.90. The minimum atomic E-state index is -0.542. The lowest BCUT2D eigenvalue weighted by molar-refractivity contribution is -0.384. The molecule has 0 spiro atoms. The van der Waals surface area contributed by atoms with Crippen LogP contribution >= 0.6 is 0 Å². The number of non-ortho nitro benzene ring substituents is 1. The van der Waals surface area contributed by atoms with Crippen molar-refractivity contribution < 1.29 is 28.7 Å². The molecular weight excluding hydrogens is 428 g/mol. The van der Waals surface area contributed by atoms with Gasteiger partial charge in [0.15, 0.2) is 11.5 Å². The van der Waals surface area contributed by atoms with Crippen LogP contribution in [0.5, 0.6) is 11.5 Å². The van der Waals surface area contributed by atoms with E-state index in [2.05, 4.69) is 11.0 Å². The van der Waals surface area contributed by atoms with E-state index in [4.69, 9.17) is 18.9 Å². The van der Waals surface area contributed by atoms with Gasteiger partial charge in [-0.25, -0.2) is 4.79 Å². The molecule has 0 saturated carbocycles. The zero-order chi connectivity index (χ0) is 22.7. The van der Waals surface area contributed by atoms with Gasteiger partial charge in [-0.15, -0.1) is 0 Å². The number of nitrogens with zero attached hydrogens (tertiary/aromatic N) is 2. The molecule has 170 valence electrons. The van der Waals surface area contributed by atoms with Crippen LogP contribution in [-0.4, -0.2) is 54.5 Å². The summed E-state index contributed by atoms with van der Waals surface area (Å²) >= 11 is 0. The highest BCUT2D eigenvalue weighted by Crippen LogP contribution is 2.54. The molecule has 1 fully saturated rings. The van der Waals surface area contributed by atoms with E-state index in [-0.39, 0.29) is 30.2 Å². The van der Waals surface area contributed by atoms with Crippen molar-refractivity contribution in [2.24, 2.45) is 0 Å². The van der Waals surface area contributed by atoms with Gasteiger partial charge in [-0.2, -0.15) is 0 Å². The van der Waals surface area contributed by atoms with E-state index < -0.39 is 22.4 Å². The first kappa shape index (κ1) is 20.2. The first-order chi connectivity index (χ1) is 16.0. The maximum Gasteiger partial charge on any atom is 0.338 e. The molecule has 4 aliphatic rings. The lowest BCUT2D eigenvalue weighted by atomic mass is 9.65. The predicted molar refractivity (Wildman–Crippen MR) is 115 cm³/mol. The van der Waals surface area contributed by atoms with Crippen LogP contribution in [0.3, 0.4) is 0 Å². The third-order valence-electron chi connectivity index (χ3n) is 7.27. The lowest BCUT2D eigenvalue weighted by Gasteiger charge is -2.46. The largest absolute Gasteiger partial charge is 0.456 e. The summed E-state index contributed by atoms with van der Waals surface area (Å²) in [5.74, 6) is 0.935. The summed E-state index contributed by atoms with van der Waals surface area (Å²) in [6, 6.07) is 9.65. The molecule has 3 aliphatic heterocycles. The van der Waals surface area contributed by atoms with Gasteiger partial charge >= 0.3 is 5.97 Å². The normalized spacial score (nSPS) is 30.5. The monoisotopic (exact) mass is 450 g/mol. The van der Waals surface area contributed by atoms with Crippen LogP contribution < -0.4 is 9.47 Å². The SMILES string of the molecule is COC1C=CC23c4cc5c(cc4CN(CC2OC(=O)c2ccc([N+](=O)[O-])cc2)C3C1)OCO5. The van der Waals surface area contributed by atoms with Crippen molar-refractivity contribution in [3.05, 3.63) is 75.4 Å². The molecule has 5 unspecified atom stereocenters. The van der Waals surface area contributed by atoms with Crippen LogP contribution in [0.2, 0.25) is 0 Å². The summed E-state index contributed by atoms with van der Waals surface area (Å²) in [7, 11) is 1.70. The molecule has 3 heterocycles. The first-order valence-corrected chi connectivity index (χ1v) is 10.8. The van der Waals surface area contributed by atoms with Crippen molar-refractivity contribution >= 4 is 11.7 Å². The van der Waals surface area contributed by atoms with Crippen molar-refractivity contribution in [3.63, 3.8) is 0 Å². The van der Waals surface area contributed by atoms with Gasteiger partial charge in [0.1, 0.15) is 6.10 Å². The fraction of sp³-hybridized carbons (Fsp3) is 0.375. The summed E-state index contributed by atoms with van der Waals surface area (Å²) < 4.78 is 23.0. The fourth-order valence-corrected chi connectivity index (χ4v) is 5.72. The number of fused-ring (bicyclic) bond motifs is 2. The average molecular weight is 450 g/mol. The van der Waals surface area contributed by atoms with E-state index in [0.29, 0.717) is 18.8 Å². The number of rotatable bonds is 4. The molecule has 2 aromatic carbocycles. The molecule has 1 saturated heterocycles. The minimum Gasteiger partial charge on any atom is -0.456 e. The molecule has 0 amide bonds. The van der Waals surface area contributed by atoms with Crippen LogP contribution in [-0.2, 0) is 21.4 Å². The quantitative estimate of drug-likeness (QED) is 0.303. The molecule has 1 aliphatic carbocycles. The third kappa shape index (κ3) is 2.96. The number of carbonyl (C=O) groups is 1. The zero-order valence-corrected chi connectivity index (χ0v) is 17.9. The van der Waals surface area contributed by atoms with Gasteiger partial charge in [-0.1, -0.05) is 12.2 Å². The topological polar surface area (TPSA) is 100 Å². The van der Waals surface area contributed by atoms with E-state index in [1.165, 1.54) is 24.3 Å². The smallest absolute Gasteiger partial charge is 0.338 e. The van der Waals surface area contributed by atoms with Gasteiger partial charge in [-0.3, -0.25) is 15.0 Å². The molecule has 0 N–H and O–H groups in total. The summed E-state index contributed by atoms with van der Waals surface area (Å²) in [5.41, 5.74) is 1.88. The second-order valence-corrected chi connectivity index (χ2v) is 8.81. The second kappa shape index (κ2) is 7.29. The van der Waals surface area contributed by atoms with Crippen molar-refractivity contribution in [3.8, 4) is 11.5 Å². The van der Waals surface area contributed by atoms with E-state index >= 15 is 0 Å². The molecule has 33 heavy (non-hydrogen) atoms. The van der Waals surface area contributed by atoms with Gasteiger partial charge < -0.3 is 18.9 Å². The fourth-order valence-electron chi connectivity index (χ4n) is 5.72. The Labute approximate surface area is 189 Å². The minimum absolute atomic E-state index is 0.00897. The van der Waals surface area contributed by atoms with Gasteiger partial charge in [0, 0.05) is 38.4 Å². The second-order valence-electron chi connectivity index (χ2n) is 8.81. The predicted octanol–water partition coefficient (Wildman–Crippen LogP) is 2.96. The van der Waals surface area contributed by atoms with Crippen LogP contribution in [0.4, 0.5) is 5.69 Å². The number of esters is 1. The van der Waals surface area contributed by atoms with Crippen molar-refractivity contribution in [1.29, 1.82) is 0 Å². The number of ether oxygens (including phenoxy) is 4. The molecule has 2 aromatic rings. The maximum absolute atomic E-state index is 13.1. The van der Waals surface area contributed by atoms with Gasteiger partial charge in [-0.05, 0) is 41.8 Å². The number of benzene rings is 2. The Kier molecular flexibility index (Phi) is 4.46. The molecule has 9 heteroatoms. The van der Waals surface area contributed by atoms with E-state index in [1.54, 1.807) is 7.11 Å². The molecule has 0 aromatic heterocycles. The Hall–Kier alpha value is -3.43. The number of hydrogen-bond acceptors (Lipinski definition) is 8. The molecule has 0 radical (unpaired) electrons. The highest BCUT2D eigenvalue weighted by Gasteiger charge is 2.60. The Morgan fingerprint density at radius 3 is 2.70 bits per heavy atom.